The predicted molar refractivity (Wildman–Crippen MR) is 59.2 cm³/mol. The Bertz CT molecular complexity index is 441. The topological polar surface area (TPSA) is 28.7 Å². The molecule has 2 nitrogen and oxygen atoms in total. The number of nitrogens with zero attached hydrogens (tertiary/aromatic N) is 1. The van der Waals surface area contributed by atoms with Crippen LogP contribution in [0.2, 0.25) is 0 Å². The standard InChI is InChI=1S/C12H13N2/c1-4-5-12-13-10-6-8(2)9(3)7-11(10)14-12/h4-7H,1H2,2-3H3,(H,13,14). The molecular formula is C12H13N2. The Labute approximate surface area is 83.7 Å². The summed E-state index contributed by atoms with van der Waals surface area (Å²) in [6.45, 7) is 7.85. The number of aromatic amines is 1. The highest BCUT2D eigenvalue weighted by molar-refractivity contribution is 5.77. The third-order valence-corrected chi connectivity index (χ3v) is 2.39. The highest BCUT2D eigenvalue weighted by Crippen LogP contribution is 2.17. The van der Waals surface area contributed by atoms with E-state index in [-0.39, 0.29) is 0 Å². The quantitative estimate of drug-likeness (QED) is 0.765. The molecule has 0 bridgehead atoms. The van der Waals surface area contributed by atoms with Crippen LogP contribution in [0.25, 0.3) is 11.0 Å². The first-order chi connectivity index (χ1) is 6.70. The number of hydrogen-bond donors (Lipinski definition) is 1. The Hall–Kier alpha value is -1.57. The van der Waals surface area contributed by atoms with E-state index in [9.17, 15) is 0 Å². The van der Waals surface area contributed by atoms with Crippen LogP contribution in [0.5, 0.6) is 0 Å². The number of hydrogen-bond acceptors (Lipinski definition) is 1. The van der Waals surface area contributed by atoms with E-state index in [1.165, 1.54) is 11.1 Å². The Morgan fingerprint density at radius 2 is 2.00 bits per heavy atom. The Morgan fingerprint density at radius 3 is 2.71 bits per heavy atom. The van der Waals surface area contributed by atoms with Crippen LogP contribution in [0, 0.1) is 20.3 Å². The zero-order valence-electron chi connectivity index (χ0n) is 8.46. The molecule has 0 spiro atoms. The van der Waals surface area contributed by atoms with E-state index >= 15 is 0 Å². The lowest BCUT2D eigenvalue weighted by Gasteiger charge is -1.97. The van der Waals surface area contributed by atoms with Crippen molar-refractivity contribution in [2.75, 3.05) is 0 Å². The second-order valence-corrected chi connectivity index (χ2v) is 3.48. The average Bonchev–Trinajstić information content (AvgIpc) is 2.48. The highest BCUT2D eigenvalue weighted by Gasteiger charge is 2.03. The number of rotatable bonds is 2. The molecule has 0 unspecified atom stereocenters. The fraction of sp³-hybridized carbons (Fsp3) is 0.167. The van der Waals surface area contributed by atoms with Crippen molar-refractivity contribution in [3.8, 4) is 0 Å². The summed E-state index contributed by atoms with van der Waals surface area (Å²) in [6, 6.07) is 4.22. The SMILES string of the molecule is C=C[CH]c1nc2cc(C)c(C)cc2[nH]1. The first-order valence-electron chi connectivity index (χ1n) is 4.63. The molecule has 0 saturated heterocycles. The predicted octanol–water partition coefficient (Wildman–Crippen LogP) is 2.92. The van der Waals surface area contributed by atoms with E-state index < -0.39 is 0 Å². The fourth-order valence-corrected chi connectivity index (χ4v) is 1.48. The average molecular weight is 185 g/mol. The van der Waals surface area contributed by atoms with Crippen LogP contribution in [0.15, 0.2) is 24.8 Å². The molecule has 0 amide bonds. The smallest absolute Gasteiger partial charge is 0.115 e. The minimum absolute atomic E-state index is 0.861. The van der Waals surface area contributed by atoms with Gasteiger partial charge in [0.1, 0.15) is 5.82 Å². The summed E-state index contributed by atoms with van der Waals surface area (Å²) < 4.78 is 0. The van der Waals surface area contributed by atoms with Crippen molar-refractivity contribution in [1.82, 2.24) is 9.97 Å². The molecule has 0 saturated carbocycles. The number of H-pyrrole nitrogens is 1. The van der Waals surface area contributed by atoms with E-state index in [4.69, 9.17) is 0 Å². The second-order valence-electron chi connectivity index (χ2n) is 3.48. The summed E-state index contributed by atoms with van der Waals surface area (Å²) in [7, 11) is 0. The maximum atomic E-state index is 4.42. The number of aromatic nitrogens is 2. The monoisotopic (exact) mass is 185 g/mol. The molecular weight excluding hydrogens is 172 g/mol. The lowest BCUT2D eigenvalue weighted by atomic mass is 10.1. The van der Waals surface area contributed by atoms with Crippen LogP contribution in [0.1, 0.15) is 17.0 Å². The molecule has 2 rings (SSSR count). The van der Waals surface area contributed by atoms with Gasteiger partial charge in [-0.05, 0) is 37.1 Å². The van der Waals surface area contributed by atoms with Gasteiger partial charge in [-0.3, -0.25) is 0 Å². The van der Waals surface area contributed by atoms with Crippen molar-refractivity contribution in [3.05, 3.63) is 48.2 Å². The van der Waals surface area contributed by atoms with Gasteiger partial charge < -0.3 is 4.98 Å². The molecule has 1 heterocycles. The number of benzene rings is 1. The van der Waals surface area contributed by atoms with E-state index in [2.05, 4.69) is 42.5 Å². The van der Waals surface area contributed by atoms with Crippen molar-refractivity contribution in [1.29, 1.82) is 0 Å². The largest absolute Gasteiger partial charge is 0.341 e. The van der Waals surface area contributed by atoms with Crippen molar-refractivity contribution in [3.63, 3.8) is 0 Å². The van der Waals surface area contributed by atoms with Gasteiger partial charge in [0.05, 0.1) is 11.0 Å². The lowest BCUT2D eigenvalue weighted by molar-refractivity contribution is 1.21. The molecule has 0 aliphatic rings. The fourth-order valence-electron chi connectivity index (χ4n) is 1.48. The Morgan fingerprint density at radius 1 is 1.29 bits per heavy atom. The molecule has 0 aliphatic heterocycles. The van der Waals surface area contributed by atoms with Crippen LogP contribution >= 0.6 is 0 Å². The number of nitrogens with one attached hydrogen (secondary N) is 1. The molecule has 0 aliphatic carbocycles. The van der Waals surface area contributed by atoms with Gasteiger partial charge in [0.2, 0.25) is 0 Å². The molecule has 0 fully saturated rings. The van der Waals surface area contributed by atoms with Crippen LogP contribution < -0.4 is 0 Å². The first kappa shape index (κ1) is 9.00. The summed E-state index contributed by atoms with van der Waals surface area (Å²) in [5.74, 6) is 0.861. The van der Waals surface area contributed by atoms with E-state index in [0.29, 0.717) is 0 Å². The minimum atomic E-state index is 0.861. The summed E-state index contributed by atoms with van der Waals surface area (Å²) in [6.07, 6.45) is 3.60. The third-order valence-electron chi connectivity index (χ3n) is 2.39. The van der Waals surface area contributed by atoms with Crippen LogP contribution in [-0.2, 0) is 0 Å². The maximum Gasteiger partial charge on any atom is 0.115 e. The van der Waals surface area contributed by atoms with Crippen LogP contribution in [-0.4, -0.2) is 9.97 Å². The van der Waals surface area contributed by atoms with Crippen molar-refractivity contribution in [2.24, 2.45) is 0 Å². The summed E-state index contributed by atoms with van der Waals surface area (Å²) >= 11 is 0. The normalized spacial score (nSPS) is 10.7. The zero-order chi connectivity index (χ0) is 10.1. The van der Waals surface area contributed by atoms with Crippen LogP contribution in [0.3, 0.4) is 0 Å². The van der Waals surface area contributed by atoms with Gasteiger partial charge in [-0.1, -0.05) is 6.08 Å². The molecule has 14 heavy (non-hydrogen) atoms. The summed E-state index contributed by atoms with van der Waals surface area (Å²) in [5.41, 5.74) is 4.66. The number of aryl methyl sites for hydroxylation is 2. The first-order valence-corrected chi connectivity index (χ1v) is 4.63. The lowest BCUT2D eigenvalue weighted by Crippen LogP contribution is -1.79. The van der Waals surface area contributed by atoms with Crippen LogP contribution in [0.4, 0.5) is 0 Å². The van der Waals surface area contributed by atoms with Gasteiger partial charge in [0.15, 0.2) is 0 Å². The second kappa shape index (κ2) is 3.29. The van der Waals surface area contributed by atoms with Crippen molar-refractivity contribution >= 4 is 11.0 Å². The summed E-state index contributed by atoms with van der Waals surface area (Å²) in [5, 5.41) is 0. The number of fused-ring (bicyclic) bond motifs is 1. The van der Waals surface area contributed by atoms with E-state index in [1.807, 2.05) is 6.42 Å². The van der Waals surface area contributed by atoms with E-state index in [0.717, 1.165) is 16.9 Å². The molecule has 1 radical (unpaired) electrons. The van der Waals surface area contributed by atoms with Crippen molar-refractivity contribution < 1.29 is 0 Å². The van der Waals surface area contributed by atoms with Gasteiger partial charge in [-0.25, -0.2) is 4.98 Å². The van der Waals surface area contributed by atoms with E-state index in [1.54, 1.807) is 6.08 Å². The minimum Gasteiger partial charge on any atom is -0.341 e. The molecule has 71 valence electrons. The third kappa shape index (κ3) is 1.43. The summed E-state index contributed by atoms with van der Waals surface area (Å²) in [4.78, 5) is 7.65. The highest BCUT2D eigenvalue weighted by atomic mass is 14.9. The Balaban J connectivity index is 2.59. The van der Waals surface area contributed by atoms with Gasteiger partial charge in [0.25, 0.3) is 0 Å². The molecule has 1 aromatic heterocycles. The number of allylic oxidation sites excluding steroid dienone is 1. The van der Waals surface area contributed by atoms with Gasteiger partial charge in [-0.2, -0.15) is 0 Å². The number of imidazole rings is 1. The maximum absolute atomic E-state index is 4.42. The van der Waals surface area contributed by atoms with Gasteiger partial charge in [0, 0.05) is 6.42 Å². The molecule has 1 aromatic carbocycles. The molecule has 2 heteroatoms. The Kier molecular flexibility index (Phi) is 2.12. The molecule has 2 aromatic rings. The van der Waals surface area contributed by atoms with Gasteiger partial charge >= 0.3 is 0 Å². The molecule has 1 N–H and O–H groups in total. The van der Waals surface area contributed by atoms with Crippen molar-refractivity contribution in [2.45, 2.75) is 13.8 Å². The van der Waals surface area contributed by atoms with Gasteiger partial charge in [-0.15, -0.1) is 6.58 Å². The molecule has 0 atom stereocenters. The zero-order valence-corrected chi connectivity index (χ0v) is 8.46.